The number of nitrogens with one attached hydrogen (secondary N) is 1. The van der Waals surface area contributed by atoms with Crippen molar-refractivity contribution in [1.82, 2.24) is 0 Å². The maximum Gasteiger partial charge on any atom is 0.292 e. The first-order chi connectivity index (χ1) is 8.61. The van der Waals surface area contributed by atoms with Gasteiger partial charge < -0.3 is 10.4 Å². The highest BCUT2D eigenvalue weighted by molar-refractivity contribution is 5.63. The van der Waals surface area contributed by atoms with Gasteiger partial charge in [0.05, 0.1) is 4.92 Å². The maximum atomic E-state index is 11.0. The molecule has 1 aromatic rings. The van der Waals surface area contributed by atoms with Crippen LogP contribution in [0.2, 0.25) is 0 Å². The van der Waals surface area contributed by atoms with Gasteiger partial charge >= 0.3 is 0 Å². The molecule has 5 nitrogen and oxygen atoms in total. The fraction of sp³-hybridized carbons (Fsp3) is 0.538. The highest BCUT2D eigenvalue weighted by Gasteiger charge is 2.31. The van der Waals surface area contributed by atoms with E-state index >= 15 is 0 Å². The second-order valence-electron chi connectivity index (χ2n) is 4.88. The number of hydrogen-bond acceptors (Lipinski definition) is 4. The maximum absolute atomic E-state index is 11.0. The number of nitrogens with zero attached hydrogens (tertiary/aromatic N) is 1. The Morgan fingerprint density at radius 2 is 2.28 bits per heavy atom. The summed E-state index contributed by atoms with van der Waals surface area (Å²) in [5.74, 6) is 0.540. The molecule has 2 rings (SSSR count). The van der Waals surface area contributed by atoms with Gasteiger partial charge in [-0.25, -0.2) is 0 Å². The number of aliphatic hydroxyl groups is 1. The van der Waals surface area contributed by atoms with Crippen LogP contribution in [-0.2, 0) is 0 Å². The molecule has 1 unspecified atom stereocenters. The molecule has 0 bridgehead atoms. The van der Waals surface area contributed by atoms with Gasteiger partial charge in [0.25, 0.3) is 5.69 Å². The van der Waals surface area contributed by atoms with Crippen molar-refractivity contribution in [2.75, 3.05) is 11.9 Å². The summed E-state index contributed by atoms with van der Waals surface area (Å²) >= 11 is 0. The summed E-state index contributed by atoms with van der Waals surface area (Å²) in [5, 5.41) is 23.3. The van der Waals surface area contributed by atoms with Gasteiger partial charge in [-0.15, -0.1) is 0 Å². The van der Waals surface area contributed by atoms with Crippen LogP contribution in [0.25, 0.3) is 0 Å². The number of nitro groups is 1. The minimum Gasteiger partial charge on any atom is -0.396 e. The summed E-state index contributed by atoms with van der Waals surface area (Å²) in [6.07, 6.45) is 2.91. The molecule has 0 radical (unpaired) electrons. The van der Waals surface area contributed by atoms with Gasteiger partial charge in [-0.2, -0.15) is 0 Å². The van der Waals surface area contributed by atoms with E-state index in [2.05, 4.69) is 5.32 Å². The summed E-state index contributed by atoms with van der Waals surface area (Å²) in [6.45, 7) is 1.94. The summed E-state index contributed by atoms with van der Waals surface area (Å²) < 4.78 is 0. The topological polar surface area (TPSA) is 75.4 Å². The number of benzene rings is 1. The van der Waals surface area contributed by atoms with Crippen molar-refractivity contribution in [2.45, 2.75) is 32.2 Å². The Morgan fingerprint density at radius 3 is 2.83 bits per heavy atom. The Morgan fingerprint density at radius 1 is 1.56 bits per heavy atom. The highest BCUT2D eigenvalue weighted by Crippen LogP contribution is 2.37. The zero-order chi connectivity index (χ0) is 13.1. The molecular weight excluding hydrogens is 232 g/mol. The van der Waals surface area contributed by atoms with Crippen molar-refractivity contribution in [3.8, 4) is 0 Å². The monoisotopic (exact) mass is 250 g/mol. The first-order valence-corrected chi connectivity index (χ1v) is 6.24. The van der Waals surface area contributed by atoms with E-state index in [0.717, 1.165) is 18.4 Å². The van der Waals surface area contributed by atoms with Gasteiger partial charge in [-0.1, -0.05) is 6.07 Å². The number of nitro benzene ring substituents is 1. The lowest BCUT2D eigenvalue weighted by Crippen LogP contribution is -2.23. The lowest BCUT2D eigenvalue weighted by atomic mass is 10.1. The minimum atomic E-state index is -0.363. The SMILES string of the molecule is Cc1ccc(NC(CCO)C2CC2)c([N+](=O)[O-])c1. The predicted molar refractivity (Wildman–Crippen MR) is 69.7 cm³/mol. The molecule has 2 N–H and O–H groups in total. The van der Waals surface area contributed by atoms with Crippen molar-refractivity contribution in [3.05, 3.63) is 33.9 Å². The van der Waals surface area contributed by atoms with Crippen LogP contribution in [0.5, 0.6) is 0 Å². The van der Waals surface area contributed by atoms with E-state index < -0.39 is 0 Å². The molecule has 1 fully saturated rings. The van der Waals surface area contributed by atoms with E-state index in [9.17, 15) is 10.1 Å². The van der Waals surface area contributed by atoms with Gasteiger partial charge in [0.15, 0.2) is 0 Å². The number of aliphatic hydroxyl groups excluding tert-OH is 1. The molecule has 1 aliphatic carbocycles. The normalized spacial score (nSPS) is 16.3. The average molecular weight is 250 g/mol. The van der Waals surface area contributed by atoms with E-state index in [1.807, 2.05) is 13.0 Å². The van der Waals surface area contributed by atoms with Crippen LogP contribution >= 0.6 is 0 Å². The second-order valence-corrected chi connectivity index (χ2v) is 4.88. The molecule has 18 heavy (non-hydrogen) atoms. The second kappa shape index (κ2) is 5.35. The molecule has 1 aliphatic rings. The third-order valence-corrected chi connectivity index (χ3v) is 3.32. The van der Waals surface area contributed by atoms with Crippen LogP contribution in [0.15, 0.2) is 18.2 Å². The highest BCUT2D eigenvalue weighted by atomic mass is 16.6. The molecule has 5 heteroatoms. The Balaban J connectivity index is 2.18. The number of anilines is 1. The lowest BCUT2D eigenvalue weighted by Gasteiger charge is -2.18. The number of hydrogen-bond donors (Lipinski definition) is 2. The van der Waals surface area contributed by atoms with Gasteiger partial charge in [0.1, 0.15) is 5.69 Å². The molecule has 1 atom stereocenters. The average Bonchev–Trinajstić information content (AvgIpc) is 3.14. The van der Waals surface area contributed by atoms with E-state index in [-0.39, 0.29) is 23.3 Å². The lowest BCUT2D eigenvalue weighted by molar-refractivity contribution is -0.384. The third-order valence-electron chi connectivity index (χ3n) is 3.32. The van der Waals surface area contributed by atoms with Crippen LogP contribution in [0.4, 0.5) is 11.4 Å². The van der Waals surface area contributed by atoms with Gasteiger partial charge in [-0.3, -0.25) is 10.1 Å². The van der Waals surface area contributed by atoms with Crippen molar-refractivity contribution < 1.29 is 10.0 Å². The summed E-state index contributed by atoms with van der Waals surface area (Å²) in [4.78, 5) is 10.7. The first kappa shape index (κ1) is 12.8. The smallest absolute Gasteiger partial charge is 0.292 e. The van der Waals surface area contributed by atoms with E-state index in [0.29, 0.717) is 18.0 Å². The molecule has 0 aromatic heterocycles. The third kappa shape index (κ3) is 2.98. The van der Waals surface area contributed by atoms with Crippen molar-refractivity contribution in [1.29, 1.82) is 0 Å². The number of aryl methyl sites for hydroxylation is 1. The largest absolute Gasteiger partial charge is 0.396 e. The quantitative estimate of drug-likeness (QED) is 0.600. The van der Waals surface area contributed by atoms with E-state index in [4.69, 9.17) is 5.11 Å². The Hall–Kier alpha value is -1.62. The summed E-state index contributed by atoms with van der Waals surface area (Å²) in [7, 11) is 0. The summed E-state index contributed by atoms with van der Waals surface area (Å²) in [6, 6.07) is 5.32. The van der Waals surface area contributed by atoms with Gasteiger partial charge in [0.2, 0.25) is 0 Å². The first-order valence-electron chi connectivity index (χ1n) is 6.24. The fourth-order valence-corrected chi connectivity index (χ4v) is 2.18. The van der Waals surface area contributed by atoms with Gasteiger partial charge in [-0.05, 0) is 43.7 Å². The van der Waals surface area contributed by atoms with Crippen LogP contribution in [0.1, 0.15) is 24.8 Å². The Labute approximate surface area is 106 Å². The standard InChI is InChI=1S/C13H18N2O3/c1-9-2-5-12(13(8-9)15(17)18)14-11(6-7-16)10-3-4-10/h2,5,8,10-11,14,16H,3-4,6-7H2,1H3. The molecule has 0 heterocycles. The molecular formula is C13H18N2O3. The van der Waals surface area contributed by atoms with Crippen molar-refractivity contribution in [2.24, 2.45) is 5.92 Å². The molecule has 0 saturated heterocycles. The molecule has 0 aliphatic heterocycles. The van der Waals surface area contributed by atoms with Gasteiger partial charge in [0, 0.05) is 18.7 Å². The van der Waals surface area contributed by atoms with Crippen LogP contribution in [0, 0.1) is 23.0 Å². The molecule has 1 aromatic carbocycles. The zero-order valence-electron chi connectivity index (χ0n) is 10.4. The van der Waals surface area contributed by atoms with E-state index in [1.165, 1.54) is 0 Å². The Bertz CT molecular complexity index is 444. The zero-order valence-corrected chi connectivity index (χ0v) is 10.4. The predicted octanol–water partition coefficient (Wildman–Crippen LogP) is 2.48. The molecule has 0 spiro atoms. The Kier molecular flexibility index (Phi) is 3.81. The van der Waals surface area contributed by atoms with Crippen LogP contribution in [-0.4, -0.2) is 22.7 Å². The fourth-order valence-electron chi connectivity index (χ4n) is 2.18. The van der Waals surface area contributed by atoms with Crippen molar-refractivity contribution in [3.63, 3.8) is 0 Å². The minimum absolute atomic E-state index is 0.105. The summed E-state index contributed by atoms with van der Waals surface area (Å²) in [5.41, 5.74) is 1.53. The van der Waals surface area contributed by atoms with Crippen molar-refractivity contribution >= 4 is 11.4 Å². The van der Waals surface area contributed by atoms with E-state index in [1.54, 1.807) is 12.1 Å². The molecule has 0 amide bonds. The molecule has 1 saturated carbocycles. The van der Waals surface area contributed by atoms with Crippen LogP contribution < -0.4 is 5.32 Å². The number of rotatable bonds is 6. The molecule has 98 valence electrons. The van der Waals surface area contributed by atoms with Crippen LogP contribution in [0.3, 0.4) is 0 Å².